The summed E-state index contributed by atoms with van der Waals surface area (Å²) in [5.74, 6) is -0.369. The maximum absolute atomic E-state index is 12.0. The van der Waals surface area contributed by atoms with Gasteiger partial charge in [-0.15, -0.1) is 0 Å². The Balaban J connectivity index is 2.27. The van der Waals surface area contributed by atoms with Crippen LogP contribution in [0.25, 0.3) is 0 Å². The van der Waals surface area contributed by atoms with E-state index in [9.17, 15) is 9.90 Å². The van der Waals surface area contributed by atoms with E-state index >= 15 is 0 Å². The highest BCUT2D eigenvalue weighted by molar-refractivity contribution is 6.06. The van der Waals surface area contributed by atoms with Crippen molar-refractivity contribution in [2.75, 3.05) is 5.32 Å². The van der Waals surface area contributed by atoms with Crippen LogP contribution in [0.1, 0.15) is 21.6 Å². The minimum absolute atomic E-state index is 0.0281. The third kappa shape index (κ3) is 2.34. The van der Waals surface area contributed by atoms with Crippen molar-refractivity contribution in [3.05, 3.63) is 41.2 Å². The zero-order valence-corrected chi connectivity index (χ0v) is 10.6. The second kappa shape index (κ2) is 4.52. The summed E-state index contributed by atoms with van der Waals surface area (Å²) in [4.78, 5) is 12.0. The third-order valence-corrected chi connectivity index (χ3v) is 2.66. The van der Waals surface area contributed by atoms with Gasteiger partial charge in [0.2, 0.25) is 0 Å². The van der Waals surface area contributed by atoms with Gasteiger partial charge in [0, 0.05) is 13.2 Å². The summed E-state index contributed by atoms with van der Waals surface area (Å²) >= 11 is 0. The summed E-state index contributed by atoms with van der Waals surface area (Å²) in [5, 5.41) is 16.5. The van der Waals surface area contributed by atoms with Crippen LogP contribution in [0.4, 0.5) is 5.69 Å². The number of phenolic OH excluding ortho intramolecular Hbond substituents is 1. The van der Waals surface area contributed by atoms with Gasteiger partial charge in [-0.05, 0) is 26.0 Å². The first-order valence-electron chi connectivity index (χ1n) is 5.58. The van der Waals surface area contributed by atoms with Gasteiger partial charge in [0.1, 0.15) is 5.75 Å². The normalized spacial score (nSPS) is 10.4. The monoisotopic (exact) mass is 245 g/mol. The molecule has 18 heavy (non-hydrogen) atoms. The van der Waals surface area contributed by atoms with E-state index in [2.05, 4.69) is 10.4 Å². The molecule has 0 atom stereocenters. The Bertz CT molecular complexity index is 602. The highest BCUT2D eigenvalue weighted by Gasteiger charge is 2.13. The molecule has 0 aliphatic rings. The van der Waals surface area contributed by atoms with Gasteiger partial charge >= 0.3 is 0 Å². The minimum atomic E-state index is -0.340. The Kier molecular flexibility index (Phi) is 3.06. The van der Waals surface area contributed by atoms with Gasteiger partial charge in [0.15, 0.2) is 0 Å². The SMILES string of the molecule is Cc1ccc(O)c(C(=O)Nc2cn(C)nc2C)c1. The van der Waals surface area contributed by atoms with Gasteiger partial charge in [-0.1, -0.05) is 11.6 Å². The van der Waals surface area contributed by atoms with Crippen molar-refractivity contribution >= 4 is 11.6 Å². The van der Waals surface area contributed by atoms with E-state index in [1.54, 1.807) is 30.1 Å². The number of amides is 1. The number of hydrogen-bond acceptors (Lipinski definition) is 3. The van der Waals surface area contributed by atoms with Crippen LogP contribution in [0.2, 0.25) is 0 Å². The Morgan fingerprint density at radius 2 is 2.11 bits per heavy atom. The Hall–Kier alpha value is -2.30. The molecular weight excluding hydrogens is 230 g/mol. The Morgan fingerprint density at radius 3 is 2.72 bits per heavy atom. The molecule has 0 spiro atoms. The molecule has 1 aromatic carbocycles. The second-order valence-corrected chi connectivity index (χ2v) is 4.28. The average molecular weight is 245 g/mol. The number of nitrogens with zero attached hydrogens (tertiary/aromatic N) is 2. The van der Waals surface area contributed by atoms with E-state index in [4.69, 9.17) is 0 Å². The maximum Gasteiger partial charge on any atom is 0.259 e. The number of aromatic hydroxyl groups is 1. The Labute approximate surface area is 105 Å². The molecule has 0 saturated carbocycles. The summed E-state index contributed by atoms with van der Waals surface area (Å²) in [6, 6.07) is 4.91. The summed E-state index contributed by atoms with van der Waals surface area (Å²) in [5.41, 5.74) is 2.56. The fourth-order valence-corrected chi connectivity index (χ4v) is 1.74. The molecule has 0 unspecified atom stereocenters. The van der Waals surface area contributed by atoms with Crippen molar-refractivity contribution < 1.29 is 9.90 Å². The number of phenols is 1. The van der Waals surface area contributed by atoms with E-state index in [-0.39, 0.29) is 17.2 Å². The fourth-order valence-electron chi connectivity index (χ4n) is 1.74. The van der Waals surface area contributed by atoms with Gasteiger partial charge < -0.3 is 10.4 Å². The van der Waals surface area contributed by atoms with Crippen molar-refractivity contribution in [2.45, 2.75) is 13.8 Å². The van der Waals surface area contributed by atoms with Crippen molar-refractivity contribution in [3.63, 3.8) is 0 Å². The van der Waals surface area contributed by atoms with Crippen LogP contribution >= 0.6 is 0 Å². The van der Waals surface area contributed by atoms with Gasteiger partial charge in [0.25, 0.3) is 5.91 Å². The predicted molar refractivity (Wildman–Crippen MR) is 68.7 cm³/mol. The average Bonchev–Trinajstić information content (AvgIpc) is 2.61. The Morgan fingerprint density at radius 1 is 1.39 bits per heavy atom. The van der Waals surface area contributed by atoms with E-state index in [1.807, 2.05) is 13.8 Å². The first kappa shape index (κ1) is 12.2. The molecule has 0 aliphatic carbocycles. The predicted octanol–water partition coefficient (Wildman–Crippen LogP) is 1.99. The lowest BCUT2D eigenvalue weighted by Crippen LogP contribution is -2.12. The number of nitrogens with one attached hydrogen (secondary N) is 1. The molecule has 0 saturated heterocycles. The molecule has 0 bridgehead atoms. The molecule has 2 N–H and O–H groups in total. The smallest absolute Gasteiger partial charge is 0.259 e. The molecule has 2 rings (SSSR count). The van der Waals surface area contributed by atoms with Crippen molar-refractivity contribution in [2.24, 2.45) is 7.05 Å². The van der Waals surface area contributed by atoms with Gasteiger partial charge in [0.05, 0.1) is 16.9 Å². The zero-order valence-electron chi connectivity index (χ0n) is 10.6. The standard InChI is InChI=1S/C13H15N3O2/c1-8-4-5-12(17)10(6-8)13(18)14-11-7-16(3)15-9(11)2/h4-7,17H,1-3H3,(H,14,18). The van der Waals surface area contributed by atoms with Crippen LogP contribution in [0.15, 0.2) is 24.4 Å². The van der Waals surface area contributed by atoms with Gasteiger partial charge in [-0.3, -0.25) is 9.48 Å². The second-order valence-electron chi connectivity index (χ2n) is 4.28. The molecule has 1 aromatic heterocycles. The number of hydrogen-bond donors (Lipinski definition) is 2. The van der Waals surface area contributed by atoms with Gasteiger partial charge in [-0.25, -0.2) is 0 Å². The quantitative estimate of drug-likeness (QED) is 0.850. The largest absolute Gasteiger partial charge is 0.507 e. The lowest BCUT2D eigenvalue weighted by Gasteiger charge is -2.06. The van der Waals surface area contributed by atoms with E-state index in [0.29, 0.717) is 5.69 Å². The topological polar surface area (TPSA) is 67.2 Å². The molecule has 1 heterocycles. The number of aromatic nitrogens is 2. The number of anilines is 1. The summed E-state index contributed by atoms with van der Waals surface area (Å²) in [7, 11) is 1.78. The molecule has 5 heteroatoms. The first-order valence-corrected chi connectivity index (χ1v) is 5.58. The zero-order chi connectivity index (χ0) is 13.3. The third-order valence-electron chi connectivity index (χ3n) is 2.66. The number of aryl methyl sites for hydroxylation is 3. The molecule has 0 aliphatic heterocycles. The number of carbonyl (C=O) groups is 1. The van der Waals surface area contributed by atoms with Gasteiger partial charge in [-0.2, -0.15) is 5.10 Å². The van der Waals surface area contributed by atoms with Crippen LogP contribution < -0.4 is 5.32 Å². The van der Waals surface area contributed by atoms with Crippen LogP contribution in [0, 0.1) is 13.8 Å². The summed E-state index contributed by atoms with van der Waals surface area (Å²) < 4.78 is 1.63. The van der Waals surface area contributed by atoms with E-state index < -0.39 is 0 Å². The fraction of sp³-hybridized carbons (Fsp3) is 0.231. The molecule has 1 amide bonds. The molecule has 0 fully saturated rings. The van der Waals surface area contributed by atoms with Crippen LogP contribution in [-0.2, 0) is 7.05 Å². The number of benzene rings is 1. The van der Waals surface area contributed by atoms with E-state index in [0.717, 1.165) is 11.3 Å². The molecule has 2 aromatic rings. The maximum atomic E-state index is 12.0. The van der Waals surface area contributed by atoms with Crippen LogP contribution in [0.3, 0.4) is 0 Å². The highest BCUT2D eigenvalue weighted by atomic mass is 16.3. The van der Waals surface area contributed by atoms with E-state index in [1.165, 1.54) is 6.07 Å². The van der Waals surface area contributed by atoms with Crippen LogP contribution in [0.5, 0.6) is 5.75 Å². The highest BCUT2D eigenvalue weighted by Crippen LogP contribution is 2.20. The first-order chi connectivity index (χ1) is 8.47. The number of carbonyl (C=O) groups excluding carboxylic acids is 1. The molecule has 5 nitrogen and oxygen atoms in total. The molecular formula is C13H15N3O2. The summed E-state index contributed by atoms with van der Waals surface area (Å²) in [6.45, 7) is 3.68. The summed E-state index contributed by atoms with van der Waals surface area (Å²) in [6.07, 6.45) is 1.72. The number of rotatable bonds is 2. The molecule has 94 valence electrons. The molecule has 0 radical (unpaired) electrons. The van der Waals surface area contributed by atoms with Crippen molar-refractivity contribution in [1.29, 1.82) is 0 Å². The lowest BCUT2D eigenvalue weighted by atomic mass is 10.1. The van der Waals surface area contributed by atoms with Crippen LogP contribution in [-0.4, -0.2) is 20.8 Å². The lowest BCUT2D eigenvalue weighted by molar-refractivity contribution is 0.102. The van der Waals surface area contributed by atoms with Crippen molar-refractivity contribution in [3.8, 4) is 5.75 Å². The van der Waals surface area contributed by atoms with Crippen molar-refractivity contribution in [1.82, 2.24) is 9.78 Å². The minimum Gasteiger partial charge on any atom is -0.507 e.